The molecule has 0 aliphatic carbocycles. The Morgan fingerprint density at radius 2 is 0.893 bits per heavy atom. The number of fused-ring (bicyclic) bond motifs is 14. The van der Waals surface area contributed by atoms with Crippen molar-refractivity contribution in [2.75, 3.05) is 0 Å². The SMILES string of the molecule is N#Cc1cc(-n2c3ccccc3c3ccc4c5ccccc5oc4c32)c(-n2c3ccccc3c3ccc4c5ccccc5oc4c32)cc1-c1c(F)cccc1F. The number of rotatable bonds is 3. The molecule has 0 spiro atoms. The van der Waals surface area contributed by atoms with Crippen LogP contribution in [0, 0.1) is 23.0 Å². The summed E-state index contributed by atoms with van der Waals surface area (Å²) in [5, 5.41) is 18.5. The number of aromatic nitrogens is 2. The van der Waals surface area contributed by atoms with Crippen molar-refractivity contribution in [2.24, 2.45) is 0 Å². The molecular weight excluding hydrogens is 701 g/mol. The summed E-state index contributed by atoms with van der Waals surface area (Å²) in [5.41, 5.74) is 7.40. The first kappa shape index (κ1) is 30.7. The lowest BCUT2D eigenvalue weighted by molar-refractivity contribution is 0.589. The molecule has 56 heavy (non-hydrogen) atoms. The zero-order valence-corrected chi connectivity index (χ0v) is 29.3. The van der Waals surface area contributed by atoms with Gasteiger partial charge in [-0.25, -0.2) is 8.78 Å². The highest BCUT2D eigenvalue weighted by atomic mass is 19.1. The number of para-hydroxylation sites is 4. The van der Waals surface area contributed by atoms with Crippen molar-refractivity contribution < 1.29 is 17.6 Å². The van der Waals surface area contributed by atoms with Crippen LogP contribution in [0.25, 0.3) is 110 Å². The van der Waals surface area contributed by atoms with Crippen LogP contribution in [-0.2, 0) is 0 Å². The van der Waals surface area contributed by atoms with Crippen LogP contribution >= 0.6 is 0 Å². The van der Waals surface area contributed by atoms with Gasteiger partial charge < -0.3 is 18.0 Å². The highest BCUT2D eigenvalue weighted by Crippen LogP contribution is 2.46. The lowest BCUT2D eigenvalue weighted by Crippen LogP contribution is -2.06. The standard InChI is InChI=1S/C49H25F2N3O2/c50-37-14-9-15-38(51)45(37)36-25-42(54-40-17-6-2-11-29(40)33-21-23-35-31-13-4-8-19-44(31)56-49(35)47(33)54)41(24-27(36)26-52)53-39-16-5-1-10-28(39)32-20-22-34-30-12-3-7-18-43(30)55-48(34)46(32)53/h1-25H. The van der Waals surface area contributed by atoms with Gasteiger partial charge in [0.25, 0.3) is 0 Å². The van der Waals surface area contributed by atoms with Crippen LogP contribution in [0.4, 0.5) is 8.78 Å². The first-order chi connectivity index (χ1) is 27.6. The monoisotopic (exact) mass is 725 g/mol. The predicted molar refractivity (Wildman–Crippen MR) is 220 cm³/mol. The maximum atomic E-state index is 15.8. The van der Waals surface area contributed by atoms with Crippen molar-refractivity contribution >= 4 is 87.5 Å². The van der Waals surface area contributed by atoms with E-state index in [1.54, 1.807) is 12.1 Å². The lowest BCUT2D eigenvalue weighted by Gasteiger charge is -2.20. The molecule has 262 valence electrons. The van der Waals surface area contributed by atoms with E-state index in [-0.39, 0.29) is 16.7 Å². The summed E-state index contributed by atoms with van der Waals surface area (Å²) >= 11 is 0. The topological polar surface area (TPSA) is 59.9 Å². The Hall–Kier alpha value is -7.69. The van der Waals surface area contributed by atoms with Crippen molar-refractivity contribution in [1.82, 2.24) is 9.13 Å². The van der Waals surface area contributed by atoms with E-state index in [2.05, 4.69) is 51.6 Å². The highest BCUT2D eigenvalue weighted by Gasteiger charge is 2.27. The smallest absolute Gasteiger partial charge is 0.160 e. The van der Waals surface area contributed by atoms with Gasteiger partial charge in [-0.15, -0.1) is 0 Å². The fraction of sp³-hybridized carbons (Fsp3) is 0. The molecular formula is C49H25F2N3O2. The summed E-state index contributed by atoms with van der Waals surface area (Å²) in [4.78, 5) is 0. The zero-order valence-electron chi connectivity index (χ0n) is 29.3. The first-order valence-corrected chi connectivity index (χ1v) is 18.3. The predicted octanol–water partition coefficient (Wildman–Crippen LogP) is 13.5. The Bertz CT molecular complexity index is 3690. The van der Waals surface area contributed by atoms with Gasteiger partial charge >= 0.3 is 0 Å². The minimum absolute atomic E-state index is 0.116. The summed E-state index contributed by atoms with van der Waals surface area (Å²) in [6.45, 7) is 0. The third-order valence-electron chi connectivity index (χ3n) is 11.3. The summed E-state index contributed by atoms with van der Waals surface area (Å²) in [6.07, 6.45) is 0. The molecule has 7 heteroatoms. The van der Waals surface area contributed by atoms with Crippen LogP contribution in [-0.4, -0.2) is 9.13 Å². The largest absolute Gasteiger partial charge is 0.454 e. The number of hydrogen-bond acceptors (Lipinski definition) is 3. The number of halogens is 2. The van der Waals surface area contributed by atoms with Gasteiger partial charge in [0.1, 0.15) is 22.8 Å². The second-order valence-electron chi connectivity index (χ2n) is 14.2. The molecule has 0 radical (unpaired) electrons. The molecule has 4 heterocycles. The molecule has 0 unspecified atom stereocenters. The van der Waals surface area contributed by atoms with Gasteiger partial charge in [0.2, 0.25) is 0 Å². The molecule has 8 aromatic carbocycles. The maximum Gasteiger partial charge on any atom is 0.160 e. The van der Waals surface area contributed by atoms with Gasteiger partial charge in [-0.3, -0.25) is 0 Å². The Kier molecular flexibility index (Phi) is 6.13. The molecule has 0 atom stereocenters. The summed E-state index contributed by atoms with van der Waals surface area (Å²) < 4.78 is 49.3. The molecule has 0 aliphatic heterocycles. The van der Waals surface area contributed by atoms with Crippen LogP contribution in [0.2, 0.25) is 0 Å². The number of nitriles is 1. The molecule has 0 aliphatic rings. The normalized spacial score (nSPS) is 12.1. The minimum atomic E-state index is -0.761. The Balaban J connectivity index is 1.33. The molecule has 0 bridgehead atoms. The number of nitrogens with zero attached hydrogens (tertiary/aromatic N) is 3. The number of benzene rings is 8. The van der Waals surface area contributed by atoms with E-state index in [1.165, 1.54) is 18.2 Å². The second kappa shape index (κ2) is 11.2. The number of furan rings is 2. The molecule has 0 amide bonds. The quantitative estimate of drug-likeness (QED) is 0.182. The van der Waals surface area contributed by atoms with Crippen molar-refractivity contribution in [2.45, 2.75) is 0 Å². The Labute approximate surface area is 316 Å². The lowest BCUT2D eigenvalue weighted by atomic mass is 9.97. The van der Waals surface area contributed by atoms with E-state index in [0.717, 1.165) is 76.3 Å². The van der Waals surface area contributed by atoms with E-state index >= 15 is 8.78 Å². The third-order valence-corrected chi connectivity index (χ3v) is 11.3. The fourth-order valence-electron chi connectivity index (χ4n) is 8.95. The molecule has 12 rings (SSSR count). The van der Waals surface area contributed by atoms with E-state index in [9.17, 15) is 5.26 Å². The summed E-state index contributed by atoms with van der Waals surface area (Å²) in [6, 6.07) is 50.1. The molecule has 0 fully saturated rings. The van der Waals surface area contributed by atoms with Gasteiger partial charge in [-0.2, -0.15) is 5.26 Å². The first-order valence-electron chi connectivity index (χ1n) is 18.3. The van der Waals surface area contributed by atoms with Gasteiger partial charge in [-0.05, 0) is 60.7 Å². The number of hydrogen-bond donors (Lipinski definition) is 0. The zero-order chi connectivity index (χ0) is 37.2. The summed E-state index contributed by atoms with van der Waals surface area (Å²) in [5.74, 6) is -1.52. The molecule has 4 aromatic heterocycles. The molecule has 12 aromatic rings. The second-order valence-corrected chi connectivity index (χ2v) is 14.2. The van der Waals surface area contributed by atoms with Crippen LogP contribution in [0.5, 0.6) is 0 Å². The van der Waals surface area contributed by atoms with E-state index in [1.807, 2.05) is 84.9 Å². The Morgan fingerprint density at radius 3 is 1.41 bits per heavy atom. The van der Waals surface area contributed by atoms with Crippen LogP contribution in [0.3, 0.4) is 0 Å². The van der Waals surface area contributed by atoms with Crippen LogP contribution in [0.1, 0.15) is 5.56 Å². The highest BCUT2D eigenvalue weighted by molar-refractivity contribution is 6.23. The van der Waals surface area contributed by atoms with E-state index < -0.39 is 11.6 Å². The third kappa shape index (κ3) is 3.99. The van der Waals surface area contributed by atoms with E-state index in [0.29, 0.717) is 22.5 Å². The van der Waals surface area contributed by atoms with Crippen molar-refractivity contribution in [3.63, 3.8) is 0 Å². The summed E-state index contributed by atoms with van der Waals surface area (Å²) in [7, 11) is 0. The van der Waals surface area contributed by atoms with Crippen molar-refractivity contribution in [1.29, 1.82) is 5.26 Å². The van der Waals surface area contributed by atoms with Crippen LogP contribution < -0.4 is 0 Å². The van der Waals surface area contributed by atoms with Gasteiger partial charge in [-0.1, -0.05) is 91.0 Å². The van der Waals surface area contributed by atoms with Gasteiger partial charge in [0, 0.05) is 48.7 Å². The van der Waals surface area contributed by atoms with Gasteiger partial charge in [0.05, 0.1) is 50.6 Å². The Morgan fingerprint density at radius 1 is 0.446 bits per heavy atom. The van der Waals surface area contributed by atoms with E-state index in [4.69, 9.17) is 8.83 Å². The van der Waals surface area contributed by atoms with Crippen molar-refractivity contribution in [3.05, 3.63) is 169 Å². The molecule has 0 N–H and O–H groups in total. The average Bonchev–Trinajstić information content (AvgIpc) is 3.98. The minimum Gasteiger partial charge on any atom is -0.454 e. The molecule has 0 saturated heterocycles. The molecule has 5 nitrogen and oxygen atoms in total. The van der Waals surface area contributed by atoms with Crippen LogP contribution in [0.15, 0.2) is 160 Å². The van der Waals surface area contributed by atoms with Crippen molar-refractivity contribution in [3.8, 4) is 28.6 Å². The average molecular weight is 726 g/mol. The molecule has 0 saturated carbocycles. The maximum absolute atomic E-state index is 15.8. The fourth-order valence-corrected chi connectivity index (χ4v) is 8.95. The van der Waals surface area contributed by atoms with Gasteiger partial charge in [0.15, 0.2) is 11.2 Å².